The Balaban J connectivity index is 1.93. The fourth-order valence-electron chi connectivity index (χ4n) is 1.93. The van der Waals surface area contributed by atoms with Gasteiger partial charge in [-0.3, -0.25) is 4.79 Å². The number of anilines is 1. The first-order valence-electron chi connectivity index (χ1n) is 6.15. The van der Waals surface area contributed by atoms with Crippen molar-refractivity contribution in [3.63, 3.8) is 0 Å². The summed E-state index contributed by atoms with van der Waals surface area (Å²) in [6.45, 7) is 0. The highest BCUT2D eigenvalue weighted by atomic mass is 79.9. The van der Waals surface area contributed by atoms with Crippen LogP contribution in [0.15, 0.2) is 46.5 Å². The molecule has 2 heterocycles. The van der Waals surface area contributed by atoms with Crippen LogP contribution in [0.3, 0.4) is 0 Å². The summed E-state index contributed by atoms with van der Waals surface area (Å²) in [4.78, 5) is 12.9. The molecular formula is C14H11BrN4OS. The van der Waals surface area contributed by atoms with Crippen LogP contribution in [-0.4, -0.2) is 20.7 Å². The van der Waals surface area contributed by atoms with Crippen LogP contribution in [0.5, 0.6) is 0 Å². The molecule has 0 saturated carbocycles. The van der Waals surface area contributed by atoms with Gasteiger partial charge >= 0.3 is 0 Å². The Morgan fingerprint density at radius 1 is 1.29 bits per heavy atom. The number of hydrogen-bond acceptors (Lipinski definition) is 4. The first-order chi connectivity index (χ1) is 10.1. The zero-order valence-electron chi connectivity index (χ0n) is 11.1. The van der Waals surface area contributed by atoms with Gasteiger partial charge in [-0.2, -0.15) is 0 Å². The molecule has 0 unspecified atom stereocenters. The van der Waals surface area contributed by atoms with Crippen molar-refractivity contribution >= 4 is 38.9 Å². The van der Waals surface area contributed by atoms with Crippen LogP contribution in [0.4, 0.5) is 5.69 Å². The third-order valence-electron chi connectivity index (χ3n) is 2.92. The van der Waals surface area contributed by atoms with Crippen LogP contribution in [0.25, 0.3) is 11.4 Å². The van der Waals surface area contributed by atoms with Gasteiger partial charge in [0.25, 0.3) is 5.91 Å². The van der Waals surface area contributed by atoms with E-state index in [0.717, 1.165) is 9.35 Å². The second kappa shape index (κ2) is 5.79. The van der Waals surface area contributed by atoms with E-state index in [1.807, 2.05) is 41.9 Å². The molecule has 1 amide bonds. The number of halogens is 1. The molecule has 0 radical (unpaired) electrons. The van der Waals surface area contributed by atoms with Crippen LogP contribution in [0.1, 0.15) is 9.67 Å². The number of rotatable bonds is 3. The van der Waals surface area contributed by atoms with Gasteiger partial charge in [0.1, 0.15) is 6.33 Å². The predicted octanol–water partition coefficient (Wildman–Crippen LogP) is 3.56. The molecule has 0 saturated heterocycles. The number of para-hydroxylation sites is 1. The number of benzene rings is 1. The highest BCUT2D eigenvalue weighted by Crippen LogP contribution is 2.27. The summed E-state index contributed by atoms with van der Waals surface area (Å²) in [5.41, 5.74) is 1.55. The van der Waals surface area contributed by atoms with E-state index in [4.69, 9.17) is 0 Å². The van der Waals surface area contributed by atoms with Crippen molar-refractivity contribution < 1.29 is 4.79 Å². The number of amides is 1. The van der Waals surface area contributed by atoms with Gasteiger partial charge in [0.15, 0.2) is 5.82 Å². The Hall–Kier alpha value is -1.99. The molecule has 0 atom stereocenters. The highest BCUT2D eigenvalue weighted by Gasteiger charge is 2.14. The van der Waals surface area contributed by atoms with Gasteiger partial charge in [-0.15, -0.1) is 21.5 Å². The molecule has 0 fully saturated rings. The van der Waals surface area contributed by atoms with Crippen molar-refractivity contribution in [1.82, 2.24) is 14.8 Å². The monoisotopic (exact) mass is 362 g/mol. The average Bonchev–Trinajstić information content (AvgIpc) is 3.08. The Labute approximate surface area is 133 Å². The molecule has 0 bridgehead atoms. The Morgan fingerprint density at radius 2 is 2.10 bits per heavy atom. The minimum Gasteiger partial charge on any atom is -0.321 e. The number of thiophene rings is 1. The van der Waals surface area contributed by atoms with Crippen molar-refractivity contribution in [3.05, 3.63) is 51.4 Å². The van der Waals surface area contributed by atoms with Gasteiger partial charge in [-0.1, -0.05) is 12.1 Å². The van der Waals surface area contributed by atoms with Crippen molar-refractivity contribution in [3.8, 4) is 11.4 Å². The average molecular weight is 363 g/mol. The number of aryl methyl sites for hydroxylation is 1. The van der Waals surface area contributed by atoms with Gasteiger partial charge < -0.3 is 9.88 Å². The third kappa shape index (κ3) is 2.88. The molecule has 0 aliphatic heterocycles. The van der Waals surface area contributed by atoms with Gasteiger partial charge in [0.2, 0.25) is 0 Å². The molecule has 1 aromatic carbocycles. The minimum absolute atomic E-state index is 0.139. The Kier molecular flexibility index (Phi) is 3.85. The minimum atomic E-state index is -0.139. The van der Waals surface area contributed by atoms with Gasteiger partial charge in [-0.25, -0.2) is 0 Å². The topological polar surface area (TPSA) is 59.8 Å². The smallest absolute Gasteiger partial charge is 0.265 e. The van der Waals surface area contributed by atoms with Gasteiger partial charge in [-0.05, 0) is 40.2 Å². The van der Waals surface area contributed by atoms with Crippen LogP contribution < -0.4 is 5.32 Å². The molecular weight excluding hydrogens is 352 g/mol. The number of hydrogen-bond donors (Lipinski definition) is 1. The molecule has 3 aromatic rings. The normalized spacial score (nSPS) is 10.6. The van der Waals surface area contributed by atoms with Crippen molar-refractivity contribution in [2.45, 2.75) is 0 Å². The zero-order valence-corrected chi connectivity index (χ0v) is 13.5. The maximum atomic E-state index is 12.3. The quantitative estimate of drug-likeness (QED) is 0.774. The summed E-state index contributed by atoms with van der Waals surface area (Å²) in [6.07, 6.45) is 1.63. The molecule has 0 aliphatic rings. The van der Waals surface area contributed by atoms with Crippen LogP contribution in [0.2, 0.25) is 0 Å². The molecule has 0 spiro atoms. The predicted molar refractivity (Wildman–Crippen MR) is 86.4 cm³/mol. The van der Waals surface area contributed by atoms with Crippen LogP contribution in [0, 0.1) is 0 Å². The number of aromatic nitrogens is 3. The number of carbonyl (C=O) groups excluding carboxylic acids is 1. The molecule has 2 aromatic heterocycles. The second-order valence-corrected chi connectivity index (χ2v) is 6.83. The van der Waals surface area contributed by atoms with Gasteiger partial charge in [0.05, 0.1) is 14.4 Å². The molecule has 3 rings (SSSR count). The molecule has 7 heteroatoms. The SMILES string of the molecule is Cn1cnnc1-c1ccccc1NC(=O)c1ccc(Br)s1. The first kappa shape index (κ1) is 14.0. The lowest BCUT2D eigenvalue weighted by Gasteiger charge is -2.09. The van der Waals surface area contributed by atoms with E-state index < -0.39 is 0 Å². The molecule has 0 aliphatic carbocycles. The third-order valence-corrected chi connectivity index (χ3v) is 4.55. The van der Waals surface area contributed by atoms with E-state index in [9.17, 15) is 4.79 Å². The van der Waals surface area contributed by atoms with Gasteiger partial charge in [0, 0.05) is 12.6 Å². The first-order valence-corrected chi connectivity index (χ1v) is 7.76. The Bertz CT molecular complexity index is 796. The molecule has 5 nitrogen and oxygen atoms in total. The zero-order chi connectivity index (χ0) is 14.8. The van der Waals surface area contributed by atoms with Crippen LogP contribution in [-0.2, 0) is 7.05 Å². The molecule has 21 heavy (non-hydrogen) atoms. The largest absolute Gasteiger partial charge is 0.321 e. The summed E-state index contributed by atoms with van der Waals surface area (Å²) in [5, 5.41) is 10.9. The second-order valence-electron chi connectivity index (χ2n) is 4.37. The highest BCUT2D eigenvalue weighted by molar-refractivity contribution is 9.11. The van der Waals surface area contributed by atoms with Crippen molar-refractivity contribution in [2.75, 3.05) is 5.32 Å². The van der Waals surface area contributed by atoms with E-state index in [1.165, 1.54) is 11.3 Å². The summed E-state index contributed by atoms with van der Waals surface area (Å²) in [5.74, 6) is 0.568. The van der Waals surface area contributed by atoms with E-state index in [0.29, 0.717) is 16.4 Å². The van der Waals surface area contributed by atoms with E-state index >= 15 is 0 Å². The summed E-state index contributed by atoms with van der Waals surface area (Å²) in [6, 6.07) is 11.2. The summed E-state index contributed by atoms with van der Waals surface area (Å²) < 4.78 is 2.74. The van der Waals surface area contributed by atoms with Crippen molar-refractivity contribution in [2.24, 2.45) is 7.05 Å². The maximum Gasteiger partial charge on any atom is 0.265 e. The van der Waals surface area contributed by atoms with E-state index in [2.05, 4.69) is 31.4 Å². The number of nitrogens with one attached hydrogen (secondary N) is 1. The van der Waals surface area contributed by atoms with E-state index in [-0.39, 0.29) is 5.91 Å². The van der Waals surface area contributed by atoms with E-state index in [1.54, 1.807) is 12.4 Å². The lowest BCUT2D eigenvalue weighted by molar-refractivity contribution is 0.103. The lowest BCUT2D eigenvalue weighted by Crippen LogP contribution is -2.11. The summed E-state index contributed by atoms with van der Waals surface area (Å²) in [7, 11) is 1.87. The van der Waals surface area contributed by atoms with Crippen LogP contribution >= 0.6 is 27.3 Å². The van der Waals surface area contributed by atoms with Crippen molar-refractivity contribution in [1.29, 1.82) is 0 Å². The summed E-state index contributed by atoms with van der Waals surface area (Å²) >= 11 is 4.75. The molecule has 106 valence electrons. The molecule has 1 N–H and O–H groups in total. The Morgan fingerprint density at radius 3 is 2.76 bits per heavy atom. The maximum absolute atomic E-state index is 12.3. The fourth-order valence-corrected chi connectivity index (χ4v) is 3.22. The standard InChI is InChI=1S/C14H11BrN4OS/c1-19-8-16-18-13(19)9-4-2-3-5-10(9)17-14(20)11-6-7-12(15)21-11/h2-8H,1H3,(H,17,20). The number of carbonyl (C=O) groups is 1. The fraction of sp³-hybridized carbons (Fsp3) is 0.0714. The lowest BCUT2D eigenvalue weighted by atomic mass is 10.1. The number of nitrogens with zero attached hydrogens (tertiary/aromatic N) is 3.